The summed E-state index contributed by atoms with van der Waals surface area (Å²) in [6, 6.07) is 12.8. The van der Waals surface area contributed by atoms with Gasteiger partial charge < -0.3 is 10.2 Å². The smallest absolute Gasteiger partial charge is 0.239 e. The number of thiophene rings is 1. The molecule has 0 unspecified atom stereocenters. The predicted octanol–water partition coefficient (Wildman–Crippen LogP) is 4.53. The Morgan fingerprint density at radius 2 is 1.90 bits per heavy atom. The third-order valence-electron chi connectivity index (χ3n) is 6.72. The van der Waals surface area contributed by atoms with E-state index in [4.69, 9.17) is 0 Å². The molecule has 5 nitrogen and oxygen atoms in total. The Morgan fingerprint density at radius 1 is 1.19 bits per heavy atom. The van der Waals surface area contributed by atoms with E-state index in [0.717, 1.165) is 50.4 Å². The fourth-order valence-electron chi connectivity index (χ4n) is 4.70. The van der Waals surface area contributed by atoms with Crippen molar-refractivity contribution in [1.29, 1.82) is 5.26 Å². The van der Waals surface area contributed by atoms with Gasteiger partial charge in [0.1, 0.15) is 11.1 Å². The summed E-state index contributed by atoms with van der Waals surface area (Å²) in [4.78, 5) is 18.6. The number of fused-ring (bicyclic) bond motifs is 1. The number of hydrogen-bond donors (Lipinski definition) is 1. The second kappa shape index (κ2) is 9.02. The lowest BCUT2D eigenvalue weighted by atomic mass is 9.72. The summed E-state index contributed by atoms with van der Waals surface area (Å²) >= 11 is 1.61. The van der Waals surface area contributed by atoms with Crippen molar-refractivity contribution in [3.8, 4) is 6.07 Å². The van der Waals surface area contributed by atoms with Gasteiger partial charge in [-0.05, 0) is 48.3 Å². The van der Waals surface area contributed by atoms with Gasteiger partial charge in [0, 0.05) is 36.7 Å². The SMILES string of the molecule is CC(C)(C)[C@H]1CCc2c(sc(NC(=O)CN3CCN(c4ccccc4)CC3)c2C#N)C1. The lowest BCUT2D eigenvalue weighted by Crippen LogP contribution is -2.48. The van der Waals surface area contributed by atoms with E-state index in [1.165, 1.54) is 16.1 Å². The molecule has 1 aromatic heterocycles. The fourth-order valence-corrected chi connectivity index (χ4v) is 6.00. The maximum Gasteiger partial charge on any atom is 0.239 e. The van der Waals surface area contributed by atoms with Crippen LogP contribution in [0.3, 0.4) is 0 Å². The van der Waals surface area contributed by atoms with E-state index in [-0.39, 0.29) is 11.3 Å². The number of hydrogen-bond acceptors (Lipinski definition) is 5. The van der Waals surface area contributed by atoms with Gasteiger partial charge >= 0.3 is 0 Å². The van der Waals surface area contributed by atoms with Crippen molar-refractivity contribution in [2.75, 3.05) is 42.9 Å². The van der Waals surface area contributed by atoms with E-state index in [1.807, 2.05) is 6.07 Å². The quantitative estimate of drug-likeness (QED) is 0.765. The molecule has 2 heterocycles. The average molecular weight is 437 g/mol. The highest BCUT2D eigenvalue weighted by atomic mass is 32.1. The molecular weight excluding hydrogens is 404 g/mol. The number of anilines is 2. The number of piperazine rings is 1. The average Bonchev–Trinajstić information content (AvgIpc) is 3.10. The minimum atomic E-state index is -0.0179. The Morgan fingerprint density at radius 3 is 2.55 bits per heavy atom. The second-order valence-corrected chi connectivity index (χ2v) is 10.9. The highest BCUT2D eigenvalue weighted by Crippen LogP contribution is 2.43. The summed E-state index contributed by atoms with van der Waals surface area (Å²) in [5.41, 5.74) is 3.36. The molecule has 0 spiro atoms. The summed E-state index contributed by atoms with van der Waals surface area (Å²) in [5.74, 6) is 0.602. The third kappa shape index (κ3) is 4.94. The van der Waals surface area contributed by atoms with Crippen molar-refractivity contribution in [2.45, 2.75) is 40.0 Å². The normalized spacial score (nSPS) is 19.5. The molecule has 1 aromatic carbocycles. The topological polar surface area (TPSA) is 59.4 Å². The molecule has 0 bridgehead atoms. The molecule has 0 saturated carbocycles. The zero-order chi connectivity index (χ0) is 22.0. The molecule has 1 saturated heterocycles. The number of carbonyl (C=O) groups is 1. The van der Waals surface area contributed by atoms with Crippen LogP contribution in [-0.4, -0.2) is 43.5 Å². The summed E-state index contributed by atoms with van der Waals surface area (Å²) in [7, 11) is 0. The predicted molar refractivity (Wildman–Crippen MR) is 128 cm³/mol. The van der Waals surface area contributed by atoms with Crippen LogP contribution in [0.15, 0.2) is 30.3 Å². The zero-order valence-corrected chi connectivity index (χ0v) is 19.6. The highest BCUT2D eigenvalue weighted by molar-refractivity contribution is 7.16. The first-order valence-corrected chi connectivity index (χ1v) is 12.0. The van der Waals surface area contributed by atoms with E-state index in [0.29, 0.717) is 18.0 Å². The molecule has 1 aliphatic carbocycles. The second-order valence-electron chi connectivity index (χ2n) is 9.77. The maximum absolute atomic E-state index is 12.8. The minimum absolute atomic E-state index is 0.0179. The molecule has 0 radical (unpaired) electrons. The molecule has 1 atom stereocenters. The van der Waals surface area contributed by atoms with Gasteiger partial charge in [0.2, 0.25) is 5.91 Å². The molecule has 2 aliphatic rings. The number of nitrogens with zero attached hydrogens (tertiary/aromatic N) is 3. The minimum Gasteiger partial charge on any atom is -0.369 e. The lowest BCUT2D eigenvalue weighted by molar-refractivity contribution is -0.117. The summed E-state index contributed by atoms with van der Waals surface area (Å²) in [5, 5.41) is 13.6. The van der Waals surface area contributed by atoms with Crippen LogP contribution in [0.25, 0.3) is 0 Å². The Balaban J connectivity index is 1.35. The van der Waals surface area contributed by atoms with Crippen molar-refractivity contribution in [2.24, 2.45) is 11.3 Å². The number of para-hydroxylation sites is 1. The first-order valence-electron chi connectivity index (χ1n) is 11.2. The standard InChI is InChI=1S/C25H32N4OS/c1-25(2,3)18-9-10-20-21(16-26)24(31-22(20)15-18)27-23(30)17-28-11-13-29(14-12-28)19-7-5-4-6-8-19/h4-8,18H,9-15,17H2,1-3H3,(H,27,30)/t18-/m0/s1. The Bertz CT molecular complexity index is 962. The number of rotatable bonds is 4. The van der Waals surface area contributed by atoms with Crippen LogP contribution >= 0.6 is 11.3 Å². The first kappa shape index (κ1) is 21.9. The molecule has 4 rings (SSSR count). The van der Waals surface area contributed by atoms with E-state index in [1.54, 1.807) is 11.3 Å². The van der Waals surface area contributed by atoms with Crippen LogP contribution < -0.4 is 10.2 Å². The molecule has 164 valence electrons. The van der Waals surface area contributed by atoms with Gasteiger partial charge in [-0.3, -0.25) is 9.69 Å². The van der Waals surface area contributed by atoms with Crippen LogP contribution in [0.4, 0.5) is 10.7 Å². The summed E-state index contributed by atoms with van der Waals surface area (Å²) in [6.07, 6.45) is 3.06. The van der Waals surface area contributed by atoms with Crippen LogP contribution in [0, 0.1) is 22.7 Å². The highest BCUT2D eigenvalue weighted by Gasteiger charge is 2.32. The van der Waals surface area contributed by atoms with Gasteiger partial charge in [-0.2, -0.15) is 5.26 Å². The molecule has 1 amide bonds. The van der Waals surface area contributed by atoms with Crippen molar-refractivity contribution in [3.05, 3.63) is 46.3 Å². The van der Waals surface area contributed by atoms with Gasteiger partial charge in [0.05, 0.1) is 12.1 Å². The number of nitriles is 1. The van der Waals surface area contributed by atoms with Gasteiger partial charge in [-0.15, -0.1) is 11.3 Å². The number of carbonyl (C=O) groups excluding carboxylic acids is 1. The number of nitrogens with one attached hydrogen (secondary N) is 1. The lowest BCUT2D eigenvalue weighted by Gasteiger charge is -2.35. The van der Waals surface area contributed by atoms with Gasteiger partial charge in [-0.25, -0.2) is 0 Å². The van der Waals surface area contributed by atoms with Crippen molar-refractivity contribution >= 4 is 27.9 Å². The number of amides is 1. The largest absolute Gasteiger partial charge is 0.369 e. The van der Waals surface area contributed by atoms with E-state index in [2.05, 4.69) is 66.2 Å². The Kier molecular flexibility index (Phi) is 6.36. The van der Waals surface area contributed by atoms with Crippen molar-refractivity contribution < 1.29 is 4.79 Å². The summed E-state index contributed by atoms with van der Waals surface area (Å²) in [6.45, 7) is 10.8. The van der Waals surface area contributed by atoms with Crippen LogP contribution in [-0.2, 0) is 17.6 Å². The molecule has 1 N–H and O–H groups in total. The molecule has 1 aliphatic heterocycles. The first-order chi connectivity index (χ1) is 14.8. The zero-order valence-electron chi connectivity index (χ0n) is 18.8. The monoisotopic (exact) mass is 436 g/mol. The van der Waals surface area contributed by atoms with Crippen LogP contribution in [0.1, 0.15) is 43.2 Å². The van der Waals surface area contributed by atoms with E-state index >= 15 is 0 Å². The Hall–Kier alpha value is -2.36. The van der Waals surface area contributed by atoms with Gasteiger partial charge in [0.15, 0.2) is 0 Å². The molecule has 2 aromatic rings. The van der Waals surface area contributed by atoms with Crippen molar-refractivity contribution in [1.82, 2.24) is 4.90 Å². The Labute approximate surface area is 189 Å². The van der Waals surface area contributed by atoms with Crippen LogP contribution in [0.2, 0.25) is 0 Å². The van der Waals surface area contributed by atoms with Gasteiger partial charge in [0.25, 0.3) is 0 Å². The number of benzene rings is 1. The maximum atomic E-state index is 12.8. The van der Waals surface area contributed by atoms with Crippen LogP contribution in [0.5, 0.6) is 0 Å². The van der Waals surface area contributed by atoms with E-state index < -0.39 is 0 Å². The molecule has 31 heavy (non-hydrogen) atoms. The summed E-state index contributed by atoms with van der Waals surface area (Å²) < 4.78 is 0. The van der Waals surface area contributed by atoms with Gasteiger partial charge in [-0.1, -0.05) is 39.0 Å². The van der Waals surface area contributed by atoms with Crippen molar-refractivity contribution in [3.63, 3.8) is 0 Å². The third-order valence-corrected chi connectivity index (χ3v) is 7.89. The molecular formula is C25H32N4OS. The molecule has 6 heteroatoms. The molecule has 1 fully saturated rings. The fraction of sp³-hybridized carbons (Fsp3) is 0.520. The van der Waals surface area contributed by atoms with E-state index in [9.17, 15) is 10.1 Å².